The SMILES string of the molecule is CC(C)(C)c1noc(CCC(=O)Nc2ccccc2SC(Cl)C(F)(F)F)n1. The zero-order valence-electron chi connectivity index (χ0n) is 14.9. The fourth-order valence-electron chi connectivity index (χ4n) is 1.95. The Labute approximate surface area is 164 Å². The molecule has 0 saturated carbocycles. The zero-order chi connectivity index (χ0) is 20.2. The molecule has 10 heteroatoms. The highest BCUT2D eigenvalue weighted by atomic mass is 35.5. The maximum absolute atomic E-state index is 12.7. The summed E-state index contributed by atoms with van der Waals surface area (Å²) < 4.78 is 41.0. The fourth-order valence-corrected chi connectivity index (χ4v) is 2.99. The molecular weight excluding hydrogens is 403 g/mol. The Morgan fingerprint density at radius 1 is 1.30 bits per heavy atom. The van der Waals surface area contributed by atoms with Crippen LogP contribution in [0.4, 0.5) is 18.9 Å². The van der Waals surface area contributed by atoms with Gasteiger partial charge in [0.1, 0.15) is 0 Å². The highest BCUT2D eigenvalue weighted by Gasteiger charge is 2.39. The predicted octanol–water partition coefficient (Wildman–Crippen LogP) is 5.16. The molecule has 2 aromatic rings. The van der Waals surface area contributed by atoms with Crippen molar-refractivity contribution in [3.63, 3.8) is 0 Å². The molecule has 1 aromatic carbocycles. The topological polar surface area (TPSA) is 68.0 Å². The first kappa shape index (κ1) is 21.6. The average molecular weight is 422 g/mol. The van der Waals surface area contributed by atoms with Crippen LogP contribution in [0.25, 0.3) is 0 Å². The second kappa shape index (κ2) is 8.52. The largest absolute Gasteiger partial charge is 0.414 e. The van der Waals surface area contributed by atoms with Gasteiger partial charge in [0, 0.05) is 23.2 Å². The number of rotatable bonds is 6. The van der Waals surface area contributed by atoms with Crippen LogP contribution in [0.15, 0.2) is 33.7 Å². The van der Waals surface area contributed by atoms with E-state index in [9.17, 15) is 18.0 Å². The summed E-state index contributed by atoms with van der Waals surface area (Å²) in [6.45, 7) is 5.82. The lowest BCUT2D eigenvalue weighted by Gasteiger charge is -2.15. The van der Waals surface area contributed by atoms with Gasteiger partial charge in [0.2, 0.25) is 11.8 Å². The first-order valence-electron chi connectivity index (χ1n) is 8.06. The lowest BCUT2D eigenvalue weighted by molar-refractivity contribution is -0.116. The van der Waals surface area contributed by atoms with E-state index >= 15 is 0 Å². The van der Waals surface area contributed by atoms with Crippen LogP contribution in [0.3, 0.4) is 0 Å². The average Bonchev–Trinajstić information content (AvgIpc) is 3.03. The van der Waals surface area contributed by atoms with Crippen LogP contribution in [0, 0.1) is 0 Å². The van der Waals surface area contributed by atoms with E-state index in [1.165, 1.54) is 12.1 Å². The van der Waals surface area contributed by atoms with E-state index in [-0.39, 0.29) is 34.7 Å². The normalized spacial score (nSPS) is 13.4. The van der Waals surface area contributed by atoms with Gasteiger partial charge in [-0.15, -0.1) is 11.6 Å². The van der Waals surface area contributed by atoms with Crippen molar-refractivity contribution in [2.75, 3.05) is 5.32 Å². The number of alkyl halides is 4. The fraction of sp³-hybridized carbons (Fsp3) is 0.471. The van der Waals surface area contributed by atoms with Crippen LogP contribution in [0.5, 0.6) is 0 Å². The molecule has 0 aliphatic carbocycles. The molecule has 1 heterocycles. The van der Waals surface area contributed by atoms with Crippen LogP contribution < -0.4 is 5.32 Å². The van der Waals surface area contributed by atoms with Crippen molar-refractivity contribution in [2.24, 2.45) is 0 Å². The third kappa shape index (κ3) is 6.42. The number of nitrogens with zero attached hydrogens (tertiary/aromatic N) is 2. The number of benzene rings is 1. The molecule has 1 atom stereocenters. The van der Waals surface area contributed by atoms with E-state index in [2.05, 4.69) is 15.5 Å². The molecule has 0 saturated heterocycles. The van der Waals surface area contributed by atoms with Gasteiger partial charge in [0.05, 0.1) is 5.69 Å². The summed E-state index contributed by atoms with van der Waals surface area (Å²) >= 11 is 5.80. The molecule has 0 spiro atoms. The minimum atomic E-state index is -4.55. The number of anilines is 1. The number of aryl methyl sites for hydroxylation is 1. The number of amides is 1. The van der Waals surface area contributed by atoms with Gasteiger partial charge in [-0.05, 0) is 12.1 Å². The van der Waals surface area contributed by atoms with Gasteiger partial charge in [-0.25, -0.2) is 0 Å². The lowest BCUT2D eigenvalue weighted by Crippen LogP contribution is -2.20. The Bertz CT molecular complexity index is 790. The van der Waals surface area contributed by atoms with Gasteiger partial charge in [-0.2, -0.15) is 18.2 Å². The molecule has 0 radical (unpaired) electrons. The molecule has 0 aliphatic heterocycles. The highest BCUT2D eigenvalue weighted by molar-refractivity contribution is 8.01. The molecule has 0 bridgehead atoms. The van der Waals surface area contributed by atoms with Crippen molar-refractivity contribution in [1.82, 2.24) is 10.1 Å². The number of hydrogen-bond donors (Lipinski definition) is 1. The van der Waals surface area contributed by atoms with E-state index in [0.29, 0.717) is 23.5 Å². The molecule has 1 N–H and O–H groups in total. The Hall–Kier alpha value is -1.74. The van der Waals surface area contributed by atoms with Gasteiger partial charge in [-0.1, -0.05) is 49.8 Å². The molecule has 1 unspecified atom stereocenters. The van der Waals surface area contributed by atoms with Crippen molar-refractivity contribution in [1.29, 1.82) is 0 Å². The third-order valence-electron chi connectivity index (χ3n) is 3.35. The van der Waals surface area contributed by atoms with Crippen molar-refractivity contribution in [2.45, 2.75) is 54.8 Å². The van der Waals surface area contributed by atoms with Crippen molar-refractivity contribution in [3.05, 3.63) is 36.0 Å². The zero-order valence-corrected chi connectivity index (χ0v) is 16.5. The second-order valence-corrected chi connectivity index (χ2v) is 8.62. The summed E-state index contributed by atoms with van der Waals surface area (Å²) in [5.41, 5.74) is -0.000153. The number of thioether (sulfide) groups is 1. The molecule has 5 nitrogen and oxygen atoms in total. The van der Waals surface area contributed by atoms with Crippen LogP contribution in [-0.4, -0.2) is 26.9 Å². The van der Waals surface area contributed by atoms with Crippen molar-refractivity contribution in [3.8, 4) is 0 Å². The van der Waals surface area contributed by atoms with E-state index in [4.69, 9.17) is 16.1 Å². The highest BCUT2D eigenvalue weighted by Crippen LogP contribution is 2.40. The lowest BCUT2D eigenvalue weighted by atomic mass is 9.96. The summed E-state index contributed by atoms with van der Waals surface area (Å²) in [6, 6.07) is 6.17. The number of para-hydroxylation sites is 1. The summed E-state index contributed by atoms with van der Waals surface area (Å²) in [4.78, 5) is 16.6. The molecule has 2 rings (SSSR count). The molecule has 0 aliphatic rings. The van der Waals surface area contributed by atoms with Gasteiger partial charge < -0.3 is 9.84 Å². The predicted molar refractivity (Wildman–Crippen MR) is 97.9 cm³/mol. The Morgan fingerprint density at radius 3 is 2.56 bits per heavy atom. The smallest absolute Gasteiger partial charge is 0.339 e. The number of nitrogens with one attached hydrogen (secondary N) is 1. The Balaban J connectivity index is 1.97. The molecule has 1 amide bonds. The molecule has 1 aromatic heterocycles. The molecule has 0 fully saturated rings. The monoisotopic (exact) mass is 421 g/mol. The molecular formula is C17H19ClF3N3O2S. The first-order valence-corrected chi connectivity index (χ1v) is 9.38. The molecule has 27 heavy (non-hydrogen) atoms. The summed E-state index contributed by atoms with van der Waals surface area (Å²) in [7, 11) is 0. The van der Waals surface area contributed by atoms with Crippen molar-refractivity contribution >= 4 is 35.0 Å². The second-order valence-electron chi connectivity index (χ2n) is 6.78. The third-order valence-corrected chi connectivity index (χ3v) is 4.95. The standard InChI is InChI=1S/C17H19ClF3N3O2S/c1-16(2,3)15-23-13(26-24-15)9-8-12(25)22-10-6-4-5-7-11(10)27-14(18)17(19,20)21/h4-7,14H,8-9H2,1-3H3,(H,22,25). The van der Waals surface area contributed by atoms with Gasteiger partial charge in [0.25, 0.3) is 0 Å². The van der Waals surface area contributed by atoms with Gasteiger partial charge in [-0.3, -0.25) is 4.79 Å². The van der Waals surface area contributed by atoms with Gasteiger partial charge >= 0.3 is 6.18 Å². The van der Waals surface area contributed by atoms with Crippen LogP contribution in [0.2, 0.25) is 0 Å². The quantitative estimate of drug-likeness (QED) is 0.515. The minimum absolute atomic E-state index is 0.0500. The maximum atomic E-state index is 12.7. The minimum Gasteiger partial charge on any atom is -0.339 e. The van der Waals surface area contributed by atoms with E-state index in [1.54, 1.807) is 12.1 Å². The van der Waals surface area contributed by atoms with Crippen molar-refractivity contribution < 1.29 is 22.5 Å². The number of carbonyl (C=O) groups is 1. The van der Waals surface area contributed by atoms with Gasteiger partial charge in [0.15, 0.2) is 10.5 Å². The van der Waals surface area contributed by atoms with Crippen LogP contribution in [0.1, 0.15) is 38.9 Å². The van der Waals surface area contributed by atoms with E-state index < -0.39 is 10.9 Å². The van der Waals surface area contributed by atoms with Crippen LogP contribution in [-0.2, 0) is 16.6 Å². The number of aromatic nitrogens is 2. The maximum Gasteiger partial charge on any atom is 0.414 e. The summed E-state index contributed by atoms with van der Waals surface area (Å²) in [5.74, 6) is 0.493. The number of hydrogen-bond acceptors (Lipinski definition) is 5. The Morgan fingerprint density at radius 2 is 1.96 bits per heavy atom. The summed E-state index contributed by atoms with van der Waals surface area (Å²) in [5, 5.41) is 6.48. The van der Waals surface area contributed by atoms with E-state index in [1.807, 2.05) is 20.8 Å². The number of carbonyl (C=O) groups excluding carboxylic acids is 1. The van der Waals surface area contributed by atoms with E-state index in [0.717, 1.165) is 0 Å². The Kier molecular flexibility index (Phi) is 6.80. The molecule has 148 valence electrons. The van der Waals surface area contributed by atoms with Crippen LogP contribution >= 0.6 is 23.4 Å². The first-order chi connectivity index (χ1) is 12.5. The number of halogens is 4. The summed E-state index contributed by atoms with van der Waals surface area (Å²) in [6.07, 6.45) is -4.27.